The zero-order valence-electron chi connectivity index (χ0n) is 15.4. The molecule has 4 rings (SSSR count). The molecule has 146 valence electrons. The largest absolute Gasteiger partial charge is 0.429 e. The SMILES string of the molecule is O=C(C[NH+]1CC[NH+](Cn2c(=S)oc3ccccc32)CC1)Nc1ccc(F)cc1. The van der Waals surface area contributed by atoms with Gasteiger partial charge in [0, 0.05) is 5.69 Å². The van der Waals surface area contributed by atoms with Crippen LogP contribution < -0.4 is 15.1 Å². The van der Waals surface area contributed by atoms with Gasteiger partial charge in [-0.05, 0) is 48.6 Å². The molecule has 0 aliphatic carbocycles. The first-order valence-electron chi connectivity index (χ1n) is 9.39. The third kappa shape index (κ3) is 4.30. The number of oxazole rings is 1. The number of carbonyl (C=O) groups excluding carboxylic acids is 1. The molecule has 0 radical (unpaired) electrons. The minimum Gasteiger partial charge on any atom is -0.429 e. The number of quaternary nitrogens is 2. The molecule has 0 bridgehead atoms. The molecule has 2 aromatic carbocycles. The fraction of sp³-hybridized carbons (Fsp3) is 0.300. The Bertz CT molecular complexity index is 1020. The van der Waals surface area contributed by atoms with Crippen LogP contribution in [0.2, 0.25) is 0 Å². The molecular formula is C20H23FN4O2S+2. The topological polar surface area (TPSA) is 56.1 Å². The highest BCUT2D eigenvalue weighted by Gasteiger charge is 2.25. The van der Waals surface area contributed by atoms with Crippen molar-refractivity contribution in [2.75, 3.05) is 38.0 Å². The maximum absolute atomic E-state index is 12.9. The standard InChI is InChI=1S/C20H21FN4O2S/c21-15-5-7-16(8-6-15)22-19(26)13-23-9-11-24(12-10-23)14-25-17-3-1-2-4-18(17)27-20(25)28/h1-8H,9-14H2,(H,22,26)/p+2. The van der Waals surface area contributed by atoms with Gasteiger partial charge in [0.15, 0.2) is 18.8 Å². The van der Waals surface area contributed by atoms with Crippen molar-refractivity contribution in [2.45, 2.75) is 6.67 Å². The fourth-order valence-electron chi connectivity index (χ4n) is 3.64. The van der Waals surface area contributed by atoms with Gasteiger partial charge >= 0.3 is 0 Å². The number of benzene rings is 2. The van der Waals surface area contributed by atoms with Gasteiger partial charge in [0.25, 0.3) is 10.7 Å². The Balaban J connectivity index is 1.29. The molecule has 3 aromatic rings. The lowest BCUT2D eigenvalue weighted by atomic mass is 10.3. The predicted octanol–water partition coefficient (Wildman–Crippen LogP) is 0.482. The van der Waals surface area contributed by atoms with E-state index in [0.717, 1.165) is 43.9 Å². The molecule has 1 aromatic heterocycles. The quantitative estimate of drug-likeness (QED) is 0.545. The molecule has 1 aliphatic heterocycles. The van der Waals surface area contributed by atoms with E-state index in [-0.39, 0.29) is 11.7 Å². The third-order valence-electron chi connectivity index (χ3n) is 5.16. The average molecular weight is 402 g/mol. The summed E-state index contributed by atoms with van der Waals surface area (Å²) in [6.45, 7) is 4.93. The van der Waals surface area contributed by atoms with Gasteiger partial charge < -0.3 is 19.5 Å². The Hall–Kier alpha value is -2.55. The zero-order chi connectivity index (χ0) is 19.5. The van der Waals surface area contributed by atoms with Crippen LogP contribution in [0.15, 0.2) is 52.9 Å². The normalized spacial score (nSPS) is 19.6. The van der Waals surface area contributed by atoms with Crippen LogP contribution in [0, 0.1) is 10.7 Å². The number of carbonyl (C=O) groups is 1. The van der Waals surface area contributed by atoms with Crippen LogP contribution in [0.5, 0.6) is 0 Å². The number of nitrogens with zero attached hydrogens (tertiary/aromatic N) is 1. The second-order valence-corrected chi connectivity index (χ2v) is 7.50. The summed E-state index contributed by atoms with van der Waals surface area (Å²) in [4.78, 5) is 15.4. The lowest BCUT2D eigenvalue weighted by molar-refractivity contribution is -1.02. The van der Waals surface area contributed by atoms with Crippen LogP contribution in [-0.2, 0) is 11.5 Å². The van der Waals surface area contributed by atoms with E-state index in [9.17, 15) is 9.18 Å². The number of hydrogen-bond donors (Lipinski definition) is 3. The molecule has 8 heteroatoms. The van der Waals surface area contributed by atoms with Crippen molar-refractivity contribution < 1.29 is 23.4 Å². The minimum absolute atomic E-state index is 0.0480. The van der Waals surface area contributed by atoms with Crippen molar-refractivity contribution in [2.24, 2.45) is 0 Å². The summed E-state index contributed by atoms with van der Waals surface area (Å²) in [6, 6.07) is 13.7. The monoisotopic (exact) mass is 402 g/mol. The second-order valence-electron chi connectivity index (χ2n) is 7.15. The number of anilines is 1. The van der Waals surface area contributed by atoms with Gasteiger partial charge in [0.2, 0.25) is 0 Å². The number of halogens is 1. The molecule has 6 nitrogen and oxygen atoms in total. The summed E-state index contributed by atoms with van der Waals surface area (Å²) in [5, 5.41) is 2.83. The van der Waals surface area contributed by atoms with Crippen LogP contribution in [-0.4, -0.2) is 43.2 Å². The summed E-state index contributed by atoms with van der Waals surface area (Å²) in [6.07, 6.45) is 0. The van der Waals surface area contributed by atoms with Gasteiger partial charge in [0.1, 0.15) is 32.0 Å². The molecule has 1 saturated heterocycles. The maximum Gasteiger partial charge on any atom is 0.279 e. The first kappa shape index (κ1) is 18.8. The first-order chi connectivity index (χ1) is 13.6. The summed E-state index contributed by atoms with van der Waals surface area (Å²) < 4.78 is 20.7. The molecule has 2 heterocycles. The number of aromatic nitrogens is 1. The van der Waals surface area contributed by atoms with E-state index in [1.807, 2.05) is 28.8 Å². The fourth-order valence-corrected chi connectivity index (χ4v) is 3.90. The van der Waals surface area contributed by atoms with E-state index in [1.54, 1.807) is 12.1 Å². The van der Waals surface area contributed by atoms with Gasteiger partial charge in [-0.1, -0.05) is 12.1 Å². The molecule has 28 heavy (non-hydrogen) atoms. The Labute approximate surface area is 167 Å². The van der Waals surface area contributed by atoms with Gasteiger partial charge in [-0.15, -0.1) is 0 Å². The predicted molar refractivity (Wildman–Crippen MR) is 106 cm³/mol. The number of amides is 1. The van der Waals surface area contributed by atoms with Crippen LogP contribution >= 0.6 is 12.2 Å². The third-order valence-corrected chi connectivity index (χ3v) is 5.46. The highest BCUT2D eigenvalue weighted by atomic mass is 32.1. The van der Waals surface area contributed by atoms with Gasteiger partial charge in [-0.25, -0.2) is 4.39 Å². The smallest absolute Gasteiger partial charge is 0.279 e. The van der Waals surface area contributed by atoms with E-state index < -0.39 is 0 Å². The number of nitrogens with one attached hydrogen (secondary N) is 3. The highest BCUT2D eigenvalue weighted by Crippen LogP contribution is 2.15. The zero-order valence-corrected chi connectivity index (χ0v) is 16.2. The Morgan fingerprint density at radius 1 is 1.07 bits per heavy atom. The Morgan fingerprint density at radius 3 is 2.50 bits per heavy atom. The number of piperazine rings is 1. The number of fused-ring (bicyclic) bond motifs is 1. The molecule has 1 fully saturated rings. The number of para-hydroxylation sites is 2. The van der Waals surface area contributed by atoms with E-state index in [1.165, 1.54) is 21.9 Å². The van der Waals surface area contributed by atoms with Crippen molar-refractivity contribution in [3.8, 4) is 0 Å². The van der Waals surface area contributed by atoms with Crippen molar-refractivity contribution in [1.29, 1.82) is 0 Å². The Morgan fingerprint density at radius 2 is 1.75 bits per heavy atom. The lowest BCUT2D eigenvalue weighted by Gasteiger charge is -2.29. The van der Waals surface area contributed by atoms with Crippen LogP contribution in [0.3, 0.4) is 0 Å². The van der Waals surface area contributed by atoms with Crippen LogP contribution in [0.25, 0.3) is 11.1 Å². The van der Waals surface area contributed by atoms with E-state index in [0.29, 0.717) is 17.1 Å². The highest BCUT2D eigenvalue weighted by molar-refractivity contribution is 7.71. The maximum atomic E-state index is 12.9. The number of rotatable bonds is 5. The Kier molecular flexibility index (Phi) is 5.52. The van der Waals surface area contributed by atoms with E-state index in [4.69, 9.17) is 16.6 Å². The average Bonchev–Trinajstić information content (AvgIpc) is 3.00. The first-order valence-corrected chi connectivity index (χ1v) is 9.80. The molecule has 0 atom stereocenters. The molecular weight excluding hydrogens is 379 g/mol. The van der Waals surface area contributed by atoms with Crippen molar-refractivity contribution in [3.63, 3.8) is 0 Å². The van der Waals surface area contributed by atoms with Crippen LogP contribution in [0.4, 0.5) is 10.1 Å². The van der Waals surface area contributed by atoms with Crippen molar-refractivity contribution in [3.05, 3.63) is 59.2 Å². The summed E-state index contributed by atoms with van der Waals surface area (Å²) in [5.74, 6) is -0.360. The van der Waals surface area contributed by atoms with Gasteiger partial charge in [-0.3, -0.25) is 9.36 Å². The summed E-state index contributed by atoms with van der Waals surface area (Å²) in [7, 11) is 0. The molecule has 0 saturated carbocycles. The molecule has 1 amide bonds. The lowest BCUT2D eigenvalue weighted by Crippen LogP contribution is -3.28. The van der Waals surface area contributed by atoms with E-state index >= 15 is 0 Å². The molecule has 0 unspecified atom stereocenters. The van der Waals surface area contributed by atoms with Crippen molar-refractivity contribution in [1.82, 2.24) is 4.57 Å². The van der Waals surface area contributed by atoms with Gasteiger partial charge in [-0.2, -0.15) is 0 Å². The minimum atomic E-state index is -0.312. The van der Waals surface area contributed by atoms with Gasteiger partial charge in [0.05, 0.1) is 5.52 Å². The molecule has 0 spiro atoms. The second kappa shape index (κ2) is 8.22. The van der Waals surface area contributed by atoms with Crippen molar-refractivity contribution >= 4 is 34.9 Å². The summed E-state index contributed by atoms with van der Waals surface area (Å²) in [5.41, 5.74) is 2.46. The summed E-state index contributed by atoms with van der Waals surface area (Å²) >= 11 is 5.37. The van der Waals surface area contributed by atoms with Crippen LogP contribution in [0.1, 0.15) is 0 Å². The molecule has 3 N–H and O–H groups in total. The van der Waals surface area contributed by atoms with E-state index in [2.05, 4.69) is 5.32 Å². The molecule has 1 aliphatic rings. The number of hydrogen-bond acceptors (Lipinski definition) is 3.